The number of nitrogens with zero attached hydrogens (tertiary/aromatic N) is 5. The number of pyridine rings is 2. The summed E-state index contributed by atoms with van der Waals surface area (Å²) in [5.74, 6) is -0.357. The summed E-state index contributed by atoms with van der Waals surface area (Å²) in [5, 5.41) is 5.05. The van der Waals surface area contributed by atoms with E-state index in [9.17, 15) is 9.18 Å². The third-order valence-electron chi connectivity index (χ3n) is 4.93. The number of likely N-dealkylation sites (N-methyl/N-ethyl adjacent to an activating group) is 1. The second-order valence-corrected chi connectivity index (χ2v) is 7.13. The molecule has 0 bridgehead atoms. The molecule has 4 aromatic rings. The Bertz CT molecular complexity index is 1160. The molecule has 0 saturated heterocycles. The second-order valence-electron chi connectivity index (χ2n) is 7.13. The van der Waals surface area contributed by atoms with Crippen LogP contribution in [0.15, 0.2) is 72.0 Å². The van der Waals surface area contributed by atoms with Crippen molar-refractivity contribution in [2.24, 2.45) is 0 Å². The number of benzene rings is 1. The van der Waals surface area contributed by atoms with Gasteiger partial charge in [0.1, 0.15) is 5.82 Å². The highest BCUT2D eigenvalue weighted by molar-refractivity contribution is 5.79. The molecular weight excluding hydrogens is 369 g/mol. The largest absolute Gasteiger partial charge is 0.303 e. The van der Waals surface area contributed by atoms with Crippen LogP contribution in [-0.4, -0.2) is 37.8 Å². The van der Waals surface area contributed by atoms with Crippen LogP contribution in [0.25, 0.3) is 10.9 Å². The molecule has 1 aromatic carbocycles. The van der Waals surface area contributed by atoms with Gasteiger partial charge in [0.05, 0.1) is 18.6 Å². The van der Waals surface area contributed by atoms with Crippen LogP contribution in [0.2, 0.25) is 0 Å². The van der Waals surface area contributed by atoms with E-state index in [4.69, 9.17) is 0 Å². The summed E-state index contributed by atoms with van der Waals surface area (Å²) in [6.07, 6.45) is 7.05. The minimum Gasteiger partial charge on any atom is -0.303 e. The van der Waals surface area contributed by atoms with Gasteiger partial charge in [-0.25, -0.2) is 4.39 Å². The molecule has 6 nitrogen and oxygen atoms in total. The van der Waals surface area contributed by atoms with Gasteiger partial charge in [-0.05, 0) is 60.5 Å². The van der Waals surface area contributed by atoms with E-state index in [2.05, 4.69) is 15.0 Å². The molecule has 0 atom stereocenters. The first-order valence-corrected chi connectivity index (χ1v) is 9.47. The van der Waals surface area contributed by atoms with Gasteiger partial charge in [-0.1, -0.05) is 0 Å². The van der Waals surface area contributed by atoms with E-state index in [-0.39, 0.29) is 11.4 Å². The minimum atomic E-state index is -0.357. The van der Waals surface area contributed by atoms with Crippen LogP contribution in [-0.2, 0) is 19.6 Å². The average Bonchev–Trinajstić information content (AvgIpc) is 3.24. The van der Waals surface area contributed by atoms with E-state index in [1.54, 1.807) is 29.2 Å². The van der Waals surface area contributed by atoms with Crippen LogP contribution >= 0.6 is 0 Å². The summed E-state index contributed by atoms with van der Waals surface area (Å²) < 4.78 is 17.4. The van der Waals surface area contributed by atoms with Crippen molar-refractivity contribution >= 4 is 10.9 Å². The Morgan fingerprint density at radius 2 is 1.93 bits per heavy atom. The van der Waals surface area contributed by atoms with Gasteiger partial charge in [-0.3, -0.25) is 14.5 Å². The Labute approximate surface area is 167 Å². The first kappa shape index (κ1) is 19.0. The summed E-state index contributed by atoms with van der Waals surface area (Å²) in [4.78, 5) is 19.4. The Morgan fingerprint density at radius 1 is 1.10 bits per heavy atom. The van der Waals surface area contributed by atoms with Crippen LogP contribution in [0.5, 0.6) is 0 Å². The lowest BCUT2D eigenvalue weighted by molar-refractivity contribution is 0.303. The van der Waals surface area contributed by atoms with Gasteiger partial charge in [0, 0.05) is 43.4 Å². The Balaban J connectivity index is 1.66. The summed E-state index contributed by atoms with van der Waals surface area (Å²) in [6.45, 7) is 2.37. The fraction of sp³-hybridized carbons (Fsp3) is 0.227. The zero-order valence-electron chi connectivity index (χ0n) is 16.2. The molecule has 0 spiro atoms. The van der Waals surface area contributed by atoms with Crippen molar-refractivity contribution in [2.75, 3.05) is 13.6 Å². The Kier molecular flexibility index (Phi) is 5.48. The van der Waals surface area contributed by atoms with E-state index in [0.29, 0.717) is 24.2 Å². The van der Waals surface area contributed by atoms with Crippen molar-refractivity contribution in [2.45, 2.75) is 19.6 Å². The maximum absolute atomic E-state index is 13.9. The van der Waals surface area contributed by atoms with E-state index in [1.165, 1.54) is 12.1 Å². The number of hydrogen-bond donors (Lipinski definition) is 0. The maximum Gasteiger partial charge on any atom is 0.255 e. The number of rotatable bonds is 7. The van der Waals surface area contributed by atoms with Crippen LogP contribution in [0.3, 0.4) is 0 Å². The highest BCUT2D eigenvalue weighted by Crippen LogP contribution is 2.17. The van der Waals surface area contributed by atoms with Crippen LogP contribution in [0, 0.1) is 5.82 Å². The Hall–Kier alpha value is -3.32. The summed E-state index contributed by atoms with van der Waals surface area (Å²) in [5.41, 5.74) is 2.11. The monoisotopic (exact) mass is 391 g/mol. The molecule has 4 rings (SSSR count). The predicted molar refractivity (Wildman–Crippen MR) is 110 cm³/mol. The van der Waals surface area contributed by atoms with Gasteiger partial charge >= 0.3 is 0 Å². The van der Waals surface area contributed by atoms with Gasteiger partial charge in [0.25, 0.3) is 5.56 Å². The van der Waals surface area contributed by atoms with Gasteiger partial charge < -0.3 is 9.47 Å². The normalized spacial score (nSPS) is 11.4. The van der Waals surface area contributed by atoms with E-state index < -0.39 is 0 Å². The average molecular weight is 391 g/mol. The second kappa shape index (κ2) is 8.36. The fourth-order valence-electron chi connectivity index (χ4n) is 3.42. The number of aromatic nitrogens is 4. The van der Waals surface area contributed by atoms with Crippen molar-refractivity contribution < 1.29 is 4.39 Å². The molecule has 0 aliphatic heterocycles. The third kappa shape index (κ3) is 4.41. The minimum absolute atomic E-state index is 0.106. The lowest BCUT2D eigenvalue weighted by Crippen LogP contribution is -2.30. The molecule has 0 fully saturated rings. The molecule has 0 saturated carbocycles. The molecule has 3 aromatic heterocycles. The first-order chi connectivity index (χ1) is 14.1. The molecule has 0 unspecified atom stereocenters. The zero-order valence-corrected chi connectivity index (χ0v) is 16.2. The highest BCUT2D eigenvalue weighted by atomic mass is 19.1. The third-order valence-corrected chi connectivity index (χ3v) is 4.93. The zero-order chi connectivity index (χ0) is 20.2. The molecule has 7 heteroatoms. The van der Waals surface area contributed by atoms with Gasteiger partial charge in [-0.2, -0.15) is 5.10 Å². The topological polar surface area (TPSA) is 56.0 Å². The molecule has 0 radical (unpaired) electrons. The number of halogens is 1. The lowest BCUT2D eigenvalue weighted by Gasteiger charge is -2.19. The molecule has 148 valence electrons. The molecular formula is C22H22FN5O. The molecule has 0 N–H and O–H groups in total. The van der Waals surface area contributed by atoms with Crippen molar-refractivity contribution in [1.29, 1.82) is 0 Å². The Morgan fingerprint density at radius 3 is 2.69 bits per heavy atom. The van der Waals surface area contributed by atoms with Crippen molar-refractivity contribution in [3.8, 4) is 0 Å². The van der Waals surface area contributed by atoms with Crippen molar-refractivity contribution in [3.05, 3.63) is 94.5 Å². The van der Waals surface area contributed by atoms with Gasteiger partial charge in [-0.15, -0.1) is 0 Å². The van der Waals surface area contributed by atoms with E-state index >= 15 is 0 Å². The fourth-order valence-corrected chi connectivity index (χ4v) is 3.42. The van der Waals surface area contributed by atoms with Crippen LogP contribution in [0.1, 0.15) is 11.1 Å². The van der Waals surface area contributed by atoms with Gasteiger partial charge in [0.15, 0.2) is 0 Å². The smallest absolute Gasteiger partial charge is 0.255 e. The molecule has 29 heavy (non-hydrogen) atoms. The summed E-state index contributed by atoms with van der Waals surface area (Å²) in [6, 6.07) is 12.0. The number of fused-ring (bicyclic) bond motifs is 1. The molecule has 0 aliphatic carbocycles. The molecule has 0 amide bonds. The van der Waals surface area contributed by atoms with Crippen LogP contribution in [0.4, 0.5) is 4.39 Å². The first-order valence-electron chi connectivity index (χ1n) is 9.47. The van der Waals surface area contributed by atoms with Crippen molar-refractivity contribution in [3.63, 3.8) is 0 Å². The lowest BCUT2D eigenvalue weighted by atomic mass is 10.1. The summed E-state index contributed by atoms with van der Waals surface area (Å²) >= 11 is 0. The predicted octanol–water partition coefficient (Wildman–Crippen LogP) is 2.91. The number of hydrogen-bond acceptors (Lipinski definition) is 4. The maximum atomic E-state index is 13.9. The standard InChI is InChI=1S/C22H22FN5O/c1-26(11-12-27-10-2-7-25-27)16-19-13-18-3-4-20(23)14-21(18)28(22(19)29)15-17-5-8-24-9-6-17/h2-10,13-14H,11-12,15-16H2,1H3. The quantitative estimate of drug-likeness (QED) is 0.486. The summed E-state index contributed by atoms with van der Waals surface area (Å²) in [7, 11) is 1.98. The molecule has 0 aliphatic rings. The molecule has 3 heterocycles. The van der Waals surface area contributed by atoms with Crippen molar-refractivity contribution in [1.82, 2.24) is 24.2 Å². The highest BCUT2D eigenvalue weighted by Gasteiger charge is 2.13. The SMILES string of the molecule is CN(CCn1cccn1)Cc1cc2ccc(F)cc2n(Cc2ccncc2)c1=O. The van der Waals surface area contributed by atoms with Crippen LogP contribution < -0.4 is 5.56 Å². The van der Waals surface area contributed by atoms with E-state index in [1.807, 2.05) is 42.2 Å². The van der Waals surface area contributed by atoms with Gasteiger partial charge in [0.2, 0.25) is 0 Å². The van der Waals surface area contributed by atoms with E-state index in [0.717, 1.165) is 24.0 Å².